The van der Waals surface area contributed by atoms with Gasteiger partial charge in [0, 0.05) is 7.05 Å². The molecule has 0 amide bonds. The lowest BCUT2D eigenvalue weighted by atomic mass is 10.1. The molecule has 1 aliphatic rings. The summed E-state index contributed by atoms with van der Waals surface area (Å²) in [6.45, 7) is 0.458. The Labute approximate surface area is 114 Å². The van der Waals surface area contributed by atoms with Crippen molar-refractivity contribution in [1.29, 1.82) is 0 Å². The van der Waals surface area contributed by atoms with Crippen molar-refractivity contribution in [1.82, 2.24) is 9.97 Å². The van der Waals surface area contributed by atoms with E-state index in [1.165, 1.54) is 12.1 Å². The molecule has 0 saturated heterocycles. The fourth-order valence-electron chi connectivity index (χ4n) is 2.13. The number of nitrogens with zero attached hydrogens (tertiary/aromatic N) is 3. The second-order valence-corrected chi connectivity index (χ2v) is 4.65. The highest BCUT2D eigenvalue weighted by atomic mass is 35.5. The Morgan fingerprint density at radius 3 is 2.84 bits per heavy atom. The van der Waals surface area contributed by atoms with Crippen LogP contribution in [0.1, 0.15) is 11.6 Å². The summed E-state index contributed by atoms with van der Waals surface area (Å²) in [5, 5.41) is 0.175. The Morgan fingerprint density at radius 2 is 2.11 bits per heavy atom. The number of hydrogen-bond acceptors (Lipinski definition) is 4. The first kappa shape index (κ1) is 12.2. The normalized spacial score (nSPS) is 17.8. The molecule has 0 aliphatic carbocycles. The molecule has 0 saturated carbocycles. The van der Waals surface area contributed by atoms with E-state index < -0.39 is 0 Å². The van der Waals surface area contributed by atoms with Gasteiger partial charge in [-0.15, -0.1) is 0 Å². The van der Waals surface area contributed by atoms with Crippen LogP contribution in [-0.4, -0.2) is 23.6 Å². The minimum absolute atomic E-state index is 0.0286. The van der Waals surface area contributed by atoms with Crippen LogP contribution in [0.2, 0.25) is 5.28 Å². The summed E-state index contributed by atoms with van der Waals surface area (Å²) < 4.78 is 18.6. The molecule has 0 fully saturated rings. The SMILES string of the molecule is CN1c2nc(Cl)ncc2OCC1c1ccc(F)cc1. The van der Waals surface area contributed by atoms with Crippen molar-refractivity contribution in [2.24, 2.45) is 0 Å². The van der Waals surface area contributed by atoms with Crippen LogP contribution >= 0.6 is 11.6 Å². The molecule has 0 bridgehead atoms. The van der Waals surface area contributed by atoms with E-state index in [9.17, 15) is 4.39 Å². The maximum atomic E-state index is 13.0. The number of likely N-dealkylation sites (N-methyl/N-ethyl adjacent to an activating group) is 1. The van der Waals surface area contributed by atoms with E-state index >= 15 is 0 Å². The topological polar surface area (TPSA) is 38.2 Å². The third kappa shape index (κ3) is 2.21. The van der Waals surface area contributed by atoms with Crippen molar-refractivity contribution in [3.8, 4) is 5.75 Å². The lowest BCUT2D eigenvalue weighted by Crippen LogP contribution is -2.34. The number of ether oxygens (including phenoxy) is 1. The van der Waals surface area contributed by atoms with Gasteiger partial charge in [-0.05, 0) is 29.3 Å². The Kier molecular flexibility index (Phi) is 2.98. The van der Waals surface area contributed by atoms with E-state index in [-0.39, 0.29) is 17.1 Å². The zero-order valence-corrected chi connectivity index (χ0v) is 10.9. The highest BCUT2D eigenvalue weighted by Gasteiger charge is 2.27. The van der Waals surface area contributed by atoms with E-state index in [1.807, 2.05) is 11.9 Å². The van der Waals surface area contributed by atoms with Gasteiger partial charge in [0.2, 0.25) is 5.28 Å². The van der Waals surface area contributed by atoms with Crippen LogP contribution in [0.25, 0.3) is 0 Å². The number of aromatic nitrogens is 2. The molecule has 98 valence electrons. The molecule has 2 aromatic rings. The first-order chi connectivity index (χ1) is 9.15. The Bertz CT molecular complexity index is 605. The van der Waals surface area contributed by atoms with E-state index in [4.69, 9.17) is 16.3 Å². The number of rotatable bonds is 1. The van der Waals surface area contributed by atoms with Gasteiger partial charge in [-0.25, -0.2) is 9.37 Å². The predicted octanol–water partition coefficient (Wildman–Crippen LogP) is 2.84. The maximum Gasteiger partial charge on any atom is 0.224 e. The van der Waals surface area contributed by atoms with Gasteiger partial charge < -0.3 is 9.64 Å². The van der Waals surface area contributed by atoms with Gasteiger partial charge in [0.25, 0.3) is 0 Å². The van der Waals surface area contributed by atoms with Crippen molar-refractivity contribution in [3.63, 3.8) is 0 Å². The molecule has 0 N–H and O–H groups in total. The molecule has 3 rings (SSSR count). The summed E-state index contributed by atoms with van der Waals surface area (Å²) in [6.07, 6.45) is 1.56. The smallest absolute Gasteiger partial charge is 0.224 e. The molecule has 1 aliphatic heterocycles. The molecular weight excluding hydrogens is 269 g/mol. The number of hydrogen-bond donors (Lipinski definition) is 0. The summed E-state index contributed by atoms with van der Waals surface area (Å²) in [6, 6.07) is 6.33. The van der Waals surface area contributed by atoms with Gasteiger partial charge in [0.15, 0.2) is 11.6 Å². The Morgan fingerprint density at radius 1 is 1.37 bits per heavy atom. The molecule has 19 heavy (non-hydrogen) atoms. The molecule has 2 heterocycles. The maximum absolute atomic E-state index is 13.0. The molecule has 1 unspecified atom stereocenters. The fourth-order valence-corrected chi connectivity index (χ4v) is 2.26. The third-order valence-electron chi connectivity index (χ3n) is 3.16. The van der Waals surface area contributed by atoms with Crippen LogP contribution in [0.5, 0.6) is 5.75 Å². The van der Waals surface area contributed by atoms with Crippen molar-refractivity contribution in [2.45, 2.75) is 6.04 Å². The van der Waals surface area contributed by atoms with Crippen LogP contribution in [-0.2, 0) is 0 Å². The van der Waals surface area contributed by atoms with Gasteiger partial charge >= 0.3 is 0 Å². The summed E-state index contributed by atoms with van der Waals surface area (Å²) in [5.41, 5.74) is 0.962. The average Bonchev–Trinajstić information content (AvgIpc) is 2.41. The lowest BCUT2D eigenvalue weighted by Gasteiger charge is -2.34. The standard InChI is InChI=1S/C13H11ClFN3O/c1-18-10(8-2-4-9(15)5-3-8)7-19-11-6-16-13(14)17-12(11)18/h2-6,10H,7H2,1H3. The Balaban J connectivity index is 1.96. The Hall–Kier alpha value is -1.88. The van der Waals surface area contributed by atoms with Gasteiger partial charge in [-0.2, -0.15) is 4.98 Å². The summed E-state index contributed by atoms with van der Waals surface area (Å²) >= 11 is 5.80. The van der Waals surface area contributed by atoms with Crippen molar-refractivity contribution in [3.05, 3.63) is 47.1 Å². The average molecular weight is 280 g/mol. The van der Waals surface area contributed by atoms with E-state index in [1.54, 1.807) is 18.3 Å². The first-order valence-corrected chi connectivity index (χ1v) is 6.16. The highest BCUT2D eigenvalue weighted by Crippen LogP contribution is 2.36. The predicted molar refractivity (Wildman–Crippen MR) is 70.1 cm³/mol. The lowest BCUT2D eigenvalue weighted by molar-refractivity contribution is 0.265. The zero-order valence-electron chi connectivity index (χ0n) is 10.2. The largest absolute Gasteiger partial charge is 0.486 e. The van der Waals surface area contributed by atoms with E-state index in [0.29, 0.717) is 18.2 Å². The van der Waals surface area contributed by atoms with Crippen LogP contribution in [0.3, 0.4) is 0 Å². The van der Waals surface area contributed by atoms with Crippen LogP contribution in [0.4, 0.5) is 10.2 Å². The number of halogens is 2. The fraction of sp³-hybridized carbons (Fsp3) is 0.231. The molecule has 1 aromatic heterocycles. The zero-order chi connectivity index (χ0) is 13.4. The minimum Gasteiger partial charge on any atom is -0.486 e. The second-order valence-electron chi connectivity index (χ2n) is 4.32. The number of fused-ring (bicyclic) bond motifs is 1. The summed E-state index contributed by atoms with van der Waals surface area (Å²) in [5.74, 6) is 0.986. The van der Waals surface area contributed by atoms with Crippen molar-refractivity contribution >= 4 is 17.4 Å². The van der Waals surface area contributed by atoms with Crippen molar-refractivity contribution < 1.29 is 9.13 Å². The van der Waals surface area contributed by atoms with Gasteiger partial charge in [-0.3, -0.25) is 0 Å². The molecule has 6 heteroatoms. The summed E-state index contributed by atoms with van der Waals surface area (Å²) in [7, 11) is 1.90. The molecular formula is C13H11ClFN3O. The molecule has 1 aromatic carbocycles. The van der Waals surface area contributed by atoms with Crippen molar-refractivity contribution in [2.75, 3.05) is 18.6 Å². The number of benzene rings is 1. The molecule has 4 nitrogen and oxygen atoms in total. The molecule has 0 radical (unpaired) electrons. The quantitative estimate of drug-likeness (QED) is 0.753. The first-order valence-electron chi connectivity index (χ1n) is 5.79. The van der Waals surface area contributed by atoms with Gasteiger partial charge in [0.1, 0.15) is 12.4 Å². The van der Waals surface area contributed by atoms with Crippen LogP contribution < -0.4 is 9.64 Å². The van der Waals surface area contributed by atoms with E-state index in [2.05, 4.69) is 9.97 Å². The summed E-state index contributed by atoms with van der Waals surface area (Å²) in [4.78, 5) is 10.0. The second kappa shape index (κ2) is 4.66. The molecule has 1 atom stereocenters. The highest BCUT2D eigenvalue weighted by molar-refractivity contribution is 6.28. The van der Waals surface area contributed by atoms with Crippen LogP contribution in [0, 0.1) is 5.82 Å². The van der Waals surface area contributed by atoms with E-state index in [0.717, 1.165) is 5.56 Å². The number of anilines is 1. The minimum atomic E-state index is -0.256. The monoisotopic (exact) mass is 279 g/mol. The van der Waals surface area contributed by atoms with Crippen LogP contribution in [0.15, 0.2) is 30.5 Å². The van der Waals surface area contributed by atoms with Gasteiger partial charge in [-0.1, -0.05) is 12.1 Å². The third-order valence-corrected chi connectivity index (χ3v) is 3.34. The van der Waals surface area contributed by atoms with Gasteiger partial charge in [0.05, 0.1) is 12.2 Å². The molecule has 0 spiro atoms.